The van der Waals surface area contributed by atoms with Crippen LogP contribution in [0, 0.1) is 0 Å². The van der Waals surface area contributed by atoms with Gasteiger partial charge in [-0.3, -0.25) is 4.90 Å². The largest absolute Gasteiger partial charge is 0.444 e. The Morgan fingerprint density at radius 2 is 2.27 bits per heavy atom. The van der Waals surface area contributed by atoms with Gasteiger partial charge in [-0.25, -0.2) is 9.78 Å². The molecule has 0 aliphatic carbocycles. The van der Waals surface area contributed by atoms with Crippen molar-refractivity contribution in [2.75, 3.05) is 6.54 Å². The van der Waals surface area contributed by atoms with E-state index in [9.17, 15) is 4.79 Å². The predicted octanol–water partition coefficient (Wildman–Crippen LogP) is 3.87. The van der Waals surface area contributed by atoms with Crippen molar-refractivity contribution in [1.82, 2.24) is 15.0 Å². The fraction of sp³-hybridized carbons (Fsp3) is 0.533. The SMILES string of the molecule is CC(C)(C)OC(=O)N1CCC[C@H]1c1cc(-c2cscn2)no1. The molecule has 1 amide bonds. The standard InChI is InChI=1S/C15H19N3O3S/c1-15(2,3)20-14(19)18-6-4-5-12(18)13-7-10(17-21-13)11-8-22-9-16-11/h7-9,12H,4-6H2,1-3H3/t12-/m0/s1. The molecule has 22 heavy (non-hydrogen) atoms. The van der Waals surface area contributed by atoms with Crippen LogP contribution in [0.4, 0.5) is 4.79 Å². The molecule has 2 aromatic heterocycles. The molecule has 118 valence electrons. The first-order chi connectivity index (χ1) is 10.4. The molecular weight excluding hydrogens is 302 g/mol. The summed E-state index contributed by atoms with van der Waals surface area (Å²) in [6, 6.07) is 1.75. The predicted molar refractivity (Wildman–Crippen MR) is 82.5 cm³/mol. The Labute approximate surface area is 133 Å². The van der Waals surface area contributed by atoms with Crippen molar-refractivity contribution in [3.63, 3.8) is 0 Å². The van der Waals surface area contributed by atoms with Crippen LogP contribution >= 0.6 is 11.3 Å². The number of carbonyl (C=O) groups excluding carboxylic acids is 1. The first-order valence-corrected chi connectivity index (χ1v) is 8.23. The molecule has 0 aromatic carbocycles. The molecule has 0 unspecified atom stereocenters. The number of nitrogens with zero attached hydrogens (tertiary/aromatic N) is 3. The second-order valence-corrected chi connectivity index (χ2v) is 7.04. The van der Waals surface area contributed by atoms with Gasteiger partial charge in [0.25, 0.3) is 0 Å². The molecule has 0 saturated carbocycles. The van der Waals surface area contributed by atoms with E-state index in [1.165, 1.54) is 11.3 Å². The third kappa shape index (κ3) is 3.14. The van der Waals surface area contributed by atoms with E-state index in [0.29, 0.717) is 18.0 Å². The van der Waals surface area contributed by atoms with E-state index in [0.717, 1.165) is 18.5 Å². The lowest BCUT2D eigenvalue weighted by atomic mass is 10.1. The Hall–Kier alpha value is -1.89. The fourth-order valence-electron chi connectivity index (χ4n) is 2.51. The lowest BCUT2D eigenvalue weighted by Gasteiger charge is -2.27. The van der Waals surface area contributed by atoms with Crippen molar-refractivity contribution in [2.45, 2.75) is 45.3 Å². The molecule has 0 spiro atoms. The van der Waals surface area contributed by atoms with E-state index in [2.05, 4.69) is 10.1 Å². The number of rotatable bonds is 2. The summed E-state index contributed by atoms with van der Waals surface area (Å²) >= 11 is 1.51. The average Bonchev–Trinajstić information content (AvgIpc) is 3.17. The summed E-state index contributed by atoms with van der Waals surface area (Å²) in [5.41, 5.74) is 2.75. The van der Waals surface area contributed by atoms with Gasteiger partial charge in [-0.15, -0.1) is 11.3 Å². The summed E-state index contributed by atoms with van der Waals surface area (Å²) in [6.07, 6.45) is 1.48. The van der Waals surface area contributed by atoms with E-state index in [1.54, 1.807) is 10.4 Å². The van der Waals surface area contributed by atoms with Gasteiger partial charge >= 0.3 is 6.09 Å². The second-order valence-electron chi connectivity index (χ2n) is 6.32. The normalized spacial score (nSPS) is 18.7. The van der Waals surface area contributed by atoms with Crippen molar-refractivity contribution in [2.24, 2.45) is 0 Å². The fourth-order valence-corrected chi connectivity index (χ4v) is 3.05. The zero-order chi connectivity index (χ0) is 15.7. The van der Waals surface area contributed by atoms with Gasteiger partial charge in [0.2, 0.25) is 0 Å². The Bertz CT molecular complexity index is 645. The number of likely N-dealkylation sites (tertiary alicyclic amines) is 1. The van der Waals surface area contributed by atoms with Crippen LogP contribution < -0.4 is 0 Å². The maximum absolute atomic E-state index is 12.3. The average molecular weight is 321 g/mol. The van der Waals surface area contributed by atoms with Gasteiger partial charge in [0, 0.05) is 18.0 Å². The summed E-state index contributed by atoms with van der Waals surface area (Å²) in [7, 11) is 0. The van der Waals surface area contributed by atoms with Crippen molar-refractivity contribution in [1.29, 1.82) is 0 Å². The molecule has 7 heteroatoms. The Morgan fingerprint density at radius 3 is 2.95 bits per heavy atom. The molecule has 6 nitrogen and oxygen atoms in total. The highest BCUT2D eigenvalue weighted by Crippen LogP contribution is 2.34. The van der Waals surface area contributed by atoms with Crippen LogP contribution in [0.2, 0.25) is 0 Å². The summed E-state index contributed by atoms with van der Waals surface area (Å²) in [6.45, 7) is 6.27. The zero-order valence-corrected chi connectivity index (χ0v) is 13.7. The van der Waals surface area contributed by atoms with Crippen LogP contribution in [-0.4, -0.2) is 33.3 Å². The third-order valence-electron chi connectivity index (χ3n) is 3.43. The van der Waals surface area contributed by atoms with Crippen molar-refractivity contribution >= 4 is 17.4 Å². The van der Waals surface area contributed by atoms with Gasteiger partial charge in [-0.1, -0.05) is 5.16 Å². The monoisotopic (exact) mass is 321 g/mol. The quantitative estimate of drug-likeness (QED) is 0.840. The molecule has 0 radical (unpaired) electrons. The molecule has 3 rings (SSSR count). The van der Waals surface area contributed by atoms with Gasteiger partial charge < -0.3 is 9.26 Å². The summed E-state index contributed by atoms with van der Waals surface area (Å²) in [5.74, 6) is 0.686. The highest BCUT2D eigenvalue weighted by molar-refractivity contribution is 7.07. The van der Waals surface area contributed by atoms with Crippen LogP contribution in [0.3, 0.4) is 0 Å². The Morgan fingerprint density at radius 1 is 1.45 bits per heavy atom. The molecule has 0 bridgehead atoms. The number of aromatic nitrogens is 2. The van der Waals surface area contributed by atoms with E-state index in [4.69, 9.17) is 9.26 Å². The van der Waals surface area contributed by atoms with Crippen LogP contribution in [0.5, 0.6) is 0 Å². The summed E-state index contributed by atoms with van der Waals surface area (Å²) in [5, 5.41) is 5.98. The lowest BCUT2D eigenvalue weighted by Crippen LogP contribution is -2.36. The summed E-state index contributed by atoms with van der Waals surface area (Å²) in [4.78, 5) is 18.2. The molecular formula is C15H19N3O3S. The van der Waals surface area contributed by atoms with Crippen LogP contribution in [0.25, 0.3) is 11.4 Å². The number of carbonyl (C=O) groups is 1. The molecule has 2 aromatic rings. The first kappa shape index (κ1) is 15.0. The lowest BCUT2D eigenvalue weighted by molar-refractivity contribution is 0.0204. The molecule has 1 saturated heterocycles. The minimum atomic E-state index is -0.503. The molecule has 0 N–H and O–H groups in total. The zero-order valence-electron chi connectivity index (χ0n) is 12.9. The number of amides is 1. The Kier molecular flexibility index (Phi) is 3.90. The smallest absolute Gasteiger partial charge is 0.410 e. The maximum Gasteiger partial charge on any atom is 0.410 e. The molecule has 1 aliphatic heterocycles. The number of hydrogen-bond acceptors (Lipinski definition) is 6. The minimum Gasteiger partial charge on any atom is -0.444 e. The van der Waals surface area contributed by atoms with Crippen molar-refractivity contribution < 1.29 is 14.1 Å². The number of thiazole rings is 1. The van der Waals surface area contributed by atoms with Crippen molar-refractivity contribution in [3.05, 3.63) is 22.7 Å². The number of hydrogen-bond donors (Lipinski definition) is 0. The maximum atomic E-state index is 12.3. The molecule has 1 fully saturated rings. The molecule has 1 atom stereocenters. The van der Waals surface area contributed by atoms with E-state index >= 15 is 0 Å². The Balaban J connectivity index is 1.77. The topological polar surface area (TPSA) is 68.5 Å². The molecule has 3 heterocycles. The highest BCUT2D eigenvalue weighted by Gasteiger charge is 2.35. The summed E-state index contributed by atoms with van der Waals surface area (Å²) < 4.78 is 10.9. The van der Waals surface area contributed by atoms with Gasteiger partial charge in [0.1, 0.15) is 17.0 Å². The highest BCUT2D eigenvalue weighted by atomic mass is 32.1. The number of ether oxygens (including phenoxy) is 1. The van der Waals surface area contributed by atoms with Gasteiger partial charge in [-0.2, -0.15) is 0 Å². The van der Waals surface area contributed by atoms with E-state index in [-0.39, 0.29) is 12.1 Å². The van der Waals surface area contributed by atoms with Gasteiger partial charge in [-0.05, 0) is 33.6 Å². The van der Waals surface area contributed by atoms with Gasteiger partial charge in [0.05, 0.1) is 11.6 Å². The second kappa shape index (κ2) is 5.72. The van der Waals surface area contributed by atoms with Crippen LogP contribution in [0.15, 0.2) is 21.5 Å². The van der Waals surface area contributed by atoms with Crippen LogP contribution in [-0.2, 0) is 4.74 Å². The first-order valence-electron chi connectivity index (χ1n) is 7.29. The third-order valence-corrected chi connectivity index (χ3v) is 4.02. The van der Waals surface area contributed by atoms with E-state index < -0.39 is 5.60 Å². The van der Waals surface area contributed by atoms with E-state index in [1.807, 2.05) is 32.2 Å². The van der Waals surface area contributed by atoms with Gasteiger partial charge in [0.15, 0.2) is 5.76 Å². The van der Waals surface area contributed by atoms with Crippen LogP contribution in [0.1, 0.15) is 45.4 Å². The molecule has 1 aliphatic rings. The minimum absolute atomic E-state index is 0.116. The van der Waals surface area contributed by atoms with Crippen molar-refractivity contribution in [3.8, 4) is 11.4 Å².